The van der Waals surface area contributed by atoms with Gasteiger partial charge in [-0.15, -0.1) is 0 Å². The summed E-state index contributed by atoms with van der Waals surface area (Å²) in [7, 11) is -6.86. The van der Waals surface area contributed by atoms with Crippen molar-refractivity contribution in [3.8, 4) is 0 Å². The smallest absolute Gasteiger partial charge is 0.402 e. The number of benzene rings is 2. The molecule has 0 atom stereocenters. The summed E-state index contributed by atoms with van der Waals surface area (Å²) in [5.41, 5.74) is 3.31. The topological polar surface area (TPSA) is 57.2 Å². The van der Waals surface area contributed by atoms with E-state index < -0.39 is 34.1 Å². The Morgan fingerprint density at radius 3 is 1.09 bits per heavy atom. The van der Waals surface area contributed by atoms with Crippen molar-refractivity contribution in [2.24, 2.45) is 0 Å². The van der Waals surface area contributed by atoms with E-state index in [0.717, 1.165) is 0 Å². The fraction of sp³-hybridized carbons (Fsp3) is 0.500. The Hall–Kier alpha value is -1.34. The molecule has 0 amide bonds. The van der Waals surface area contributed by atoms with Gasteiger partial charge >= 0.3 is 38.3 Å². The molecule has 0 fully saturated rings. The highest BCUT2D eigenvalue weighted by atomic mass is 127. The molecule has 11 heteroatoms. The molecule has 0 aliphatic rings. The maximum atomic E-state index is 12.1. The second kappa shape index (κ2) is 10.6. The van der Waals surface area contributed by atoms with Crippen LogP contribution in [0.25, 0.3) is 0 Å². The van der Waals surface area contributed by atoms with Crippen LogP contribution in [-0.4, -0.2) is 30.1 Å². The maximum Gasteiger partial charge on any atom is 0.402 e. The van der Waals surface area contributed by atoms with E-state index in [1.807, 2.05) is 0 Å². The Labute approximate surface area is 213 Å². The zero-order valence-electron chi connectivity index (χ0n) is 20.4. The van der Waals surface area contributed by atoms with Crippen LogP contribution in [0.15, 0.2) is 48.5 Å². The van der Waals surface area contributed by atoms with E-state index in [-0.39, 0.29) is 32.0 Å². The first kappa shape index (κ1) is 31.7. The minimum atomic E-state index is -6.86. The van der Waals surface area contributed by atoms with Gasteiger partial charge in [-0.25, -0.2) is 8.42 Å². The van der Waals surface area contributed by atoms with Gasteiger partial charge in [0.2, 0.25) is 0 Å². The summed E-state index contributed by atoms with van der Waals surface area (Å²) in [6.07, 6.45) is 0. The zero-order valence-corrected chi connectivity index (χ0v) is 23.4. The highest BCUT2D eigenvalue weighted by Gasteiger charge is 2.72. The molecule has 2 rings (SSSR count). The molecule has 0 radical (unpaired) electrons. The van der Waals surface area contributed by atoms with Crippen molar-refractivity contribution in [3.63, 3.8) is 0 Å². The molecule has 0 bridgehead atoms. The lowest BCUT2D eigenvalue weighted by atomic mass is 9.87. The number of alkyl halides is 6. The molecule has 0 spiro atoms. The average molecular weight is 638 g/mol. The van der Waals surface area contributed by atoms with Crippen molar-refractivity contribution in [2.45, 2.75) is 76.4 Å². The summed E-state index contributed by atoms with van der Waals surface area (Å²) < 4.78 is 104. The van der Waals surface area contributed by atoms with Crippen molar-refractivity contribution in [3.05, 3.63) is 66.8 Å². The van der Waals surface area contributed by atoms with Crippen LogP contribution in [0.2, 0.25) is 0 Å². The third-order valence-electron chi connectivity index (χ3n) is 4.87. The van der Waals surface area contributed by atoms with E-state index >= 15 is 0 Å². The van der Waals surface area contributed by atoms with Crippen LogP contribution in [0.5, 0.6) is 0 Å². The molecule has 0 aliphatic heterocycles. The second-order valence-corrected chi connectivity index (χ2v) is 14.5. The second-order valence-electron chi connectivity index (χ2n) is 10.0. The Balaban J connectivity index is 0.000000383. The Bertz CT molecular complexity index is 1030. The zero-order chi connectivity index (χ0) is 27.7. The number of halogens is 7. The van der Waals surface area contributed by atoms with E-state index in [9.17, 15) is 39.3 Å². The molecular formula is C24H29F6IO3S. The summed E-state index contributed by atoms with van der Waals surface area (Å²) in [6, 6.07) is 18.4. The van der Waals surface area contributed by atoms with Crippen LogP contribution >= 0.6 is 0 Å². The highest BCUT2D eigenvalue weighted by Crippen LogP contribution is 2.47. The molecule has 3 nitrogen and oxygen atoms in total. The Kier molecular flexibility index (Phi) is 9.57. The SMILES string of the molecule is CC(C)(C)c1ccc([I+]c2ccc(C(C)(C)C)cc2)cc1.CC(F)(F)C(F)(F)C(F)(F)S(=O)(=O)[O-]. The van der Waals surface area contributed by atoms with Crippen molar-refractivity contribution < 1.29 is 60.5 Å². The first-order valence-corrected chi connectivity index (χ1v) is 13.9. The van der Waals surface area contributed by atoms with Crippen molar-refractivity contribution in [1.29, 1.82) is 0 Å². The van der Waals surface area contributed by atoms with E-state index in [1.165, 1.54) is 18.3 Å². The summed E-state index contributed by atoms with van der Waals surface area (Å²) >= 11 is -0.0703. The molecule has 0 aliphatic carbocycles. The molecule has 0 heterocycles. The molecule has 2 aromatic carbocycles. The van der Waals surface area contributed by atoms with Crippen LogP contribution in [0, 0.1) is 7.14 Å². The van der Waals surface area contributed by atoms with E-state index in [4.69, 9.17) is 0 Å². The Morgan fingerprint density at radius 2 is 0.914 bits per heavy atom. The normalized spacial score (nSPS) is 13.8. The highest BCUT2D eigenvalue weighted by molar-refractivity contribution is 7.86. The average Bonchev–Trinajstić information content (AvgIpc) is 2.66. The standard InChI is InChI=1S/C20H26I.C4H4F6O3S/c1-19(2,3)15-7-11-17(12-8-15)21-18-13-9-16(10-14-18)20(4,5)6;1-2(5,6)3(7,8)4(9,10)14(11,12)13/h7-14H,1-6H3;1H3,(H,11,12,13)/q+1;/p-1. The monoisotopic (exact) mass is 638 g/mol. The van der Waals surface area contributed by atoms with Crippen LogP contribution in [-0.2, 0) is 20.9 Å². The molecule has 0 saturated carbocycles. The van der Waals surface area contributed by atoms with Crippen molar-refractivity contribution >= 4 is 10.1 Å². The van der Waals surface area contributed by atoms with Gasteiger partial charge in [0.1, 0.15) is 0 Å². The molecule has 0 saturated heterocycles. The van der Waals surface area contributed by atoms with Gasteiger partial charge in [-0.05, 0) is 46.2 Å². The first-order chi connectivity index (χ1) is 15.4. The summed E-state index contributed by atoms with van der Waals surface area (Å²) in [5, 5.41) is -6.35. The van der Waals surface area contributed by atoms with Gasteiger partial charge in [0.05, 0.1) is 0 Å². The van der Waals surface area contributed by atoms with E-state index in [2.05, 4.69) is 90.1 Å². The van der Waals surface area contributed by atoms with Crippen LogP contribution < -0.4 is 21.2 Å². The summed E-state index contributed by atoms with van der Waals surface area (Å²) in [6.45, 7) is 13.0. The minimum Gasteiger partial charge on any atom is -0.743 e. The summed E-state index contributed by atoms with van der Waals surface area (Å²) in [5.74, 6) is -11.6. The number of rotatable bonds is 5. The lowest BCUT2D eigenvalue weighted by Crippen LogP contribution is -3.61. The first-order valence-electron chi connectivity index (χ1n) is 10.4. The van der Waals surface area contributed by atoms with Crippen molar-refractivity contribution in [1.82, 2.24) is 0 Å². The van der Waals surface area contributed by atoms with Crippen LogP contribution in [0.1, 0.15) is 59.6 Å². The van der Waals surface area contributed by atoms with Gasteiger partial charge < -0.3 is 4.55 Å². The lowest BCUT2D eigenvalue weighted by molar-refractivity contribution is -0.597. The number of hydrogen-bond acceptors (Lipinski definition) is 3. The molecule has 0 unspecified atom stereocenters. The molecule has 0 N–H and O–H groups in total. The van der Waals surface area contributed by atoms with Gasteiger partial charge in [-0.3, -0.25) is 0 Å². The molecule has 0 aromatic heterocycles. The van der Waals surface area contributed by atoms with E-state index in [0.29, 0.717) is 0 Å². The van der Waals surface area contributed by atoms with Crippen molar-refractivity contribution in [2.75, 3.05) is 0 Å². The van der Waals surface area contributed by atoms with Gasteiger partial charge in [0.15, 0.2) is 17.3 Å². The fourth-order valence-electron chi connectivity index (χ4n) is 2.56. The lowest BCUT2D eigenvalue weighted by Gasteiger charge is -2.31. The van der Waals surface area contributed by atoms with Gasteiger partial charge in [-0.2, -0.15) is 26.3 Å². The van der Waals surface area contributed by atoms with Crippen LogP contribution in [0.3, 0.4) is 0 Å². The van der Waals surface area contributed by atoms with Gasteiger partial charge in [0, 0.05) is 6.92 Å². The summed E-state index contributed by atoms with van der Waals surface area (Å²) in [4.78, 5) is 0. The van der Waals surface area contributed by atoms with Crippen LogP contribution in [0.4, 0.5) is 26.3 Å². The van der Waals surface area contributed by atoms with Gasteiger partial charge in [-0.1, -0.05) is 65.8 Å². The molecule has 35 heavy (non-hydrogen) atoms. The fourth-order valence-corrected chi connectivity index (χ4v) is 5.21. The molecule has 198 valence electrons. The third-order valence-corrected chi connectivity index (χ3v) is 8.44. The molecule has 2 aromatic rings. The molecular weight excluding hydrogens is 609 g/mol. The predicted molar refractivity (Wildman–Crippen MR) is 118 cm³/mol. The maximum absolute atomic E-state index is 12.1. The third kappa shape index (κ3) is 8.08. The van der Waals surface area contributed by atoms with E-state index in [1.54, 1.807) is 0 Å². The largest absolute Gasteiger partial charge is 0.743 e. The Morgan fingerprint density at radius 1 is 0.629 bits per heavy atom. The number of hydrogen-bond donors (Lipinski definition) is 0. The minimum absolute atomic E-state index is 0.0703. The quantitative estimate of drug-likeness (QED) is 0.285. The van der Waals surface area contributed by atoms with Gasteiger partial charge in [0.25, 0.3) is 0 Å². The predicted octanol–water partition coefficient (Wildman–Crippen LogP) is 3.82.